The molecule has 1 aromatic heterocycles. The fourth-order valence-corrected chi connectivity index (χ4v) is 2.22. The summed E-state index contributed by atoms with van der Waals surface area (Å²) in [7, 11) is 0. The number of rotatable bonds is 6. The largest absolute Gasteiger partial charge is 0.388 e. The van der Waals surface area contributed by atoms with Crippen molar-refractivity contribution in [2.45, 2.75) is 32.3 Å². The van der Waals surface area contributed by atoms with E-state index in [1.807, 2.05) is 13.8 Å². The molecule has 0 bridgehead atoms. The van der Waals surface area contributed by atoms with E-state index in [1.165, 1.54) is 12.3 Å². The van der Waals surface area contributed by atoms with Crippen LogP contribution in [-0.4, -0.2) is 27.2 Å². The Labute approximate surface area is 123 Å². The lowest BCUT2D eigenvalue weighted by Gasteiger charge is -2.26. The maximum atomic E-state index is 11.0. The van der Waals surface area contributed by atoms with Crippen molar-refractivity contribution in [2.24, 2.45) is 0 Å². The van der Waals surface area contributed by atoms with E-state index in [4.69, 9.17) is 0 Å². The fourth-order valence-electron chi connectivity index (χ4n) is 2.22. The van der Waals surface area contributed by atoms with Gasteiger partial charge >= 0.3 is 0 Å². The topological polar surface area (TPSA) is 88.3 Å². The third-order valence-corrected chi connectivity index (χ3v) is 3.87. The molecule has 0 aliphatic heterocycles. The molecule has 0 saturated carbocycles. The number of aromatic nitrogens is 1. The first-order chi connectivity index (χ1) is 10.0. The van der Waals surface area contributed by atoms with Gasteiger partial charge < -0.3 is 10.4 Å². The minimum atomic E-state index is -0.781. The lowest BCUT2D eigenvalue weighted by Crippen LogP contribution is -2.35. The normalized spacial score (nSPS) is 11.6. The number of nitro groups is 1. The van der Waals surface area contributed by atoms with Crippen LogP contribution >= 0.6 is 0 Å². The second-order valence-corrected chi connectivity index (χ2v) is 5.07. The monoisotopic (exact) mass is 289 g/mol. The molecule has 21 heavy (non-hydrogen) atoms. The van der Waals surface area contributed by atoms with Crippen LogP contribution in [0.4, 0.5) is 11.4 Å². The highest BCUT2D eigenvalue weighted by atomic mass is 16.6. The average molecular weight is 289 g/mol. The van der Waals surface area contributed by atoms with E-state index in [2.05, 4.69) is 10.3 Å². The van der Waals surface area contributed by atoms with Crippen molar-refractivity contribution in [3.8, 4) is 0 Å². The highest BCUT2D eigenvalue weighted by Gasteiger charge is 2.22. The van der Waals surface area contributed by atoms with Gasteiger partial charge in [0.05, 0.1) is 10.5 Å². The molecule has 2 aromatic rings. The molecule has 0 unspecified atom stereocenters. The number of aliphatic hydroxyl groups is 1. The Morgan fingerprint density at radius 2 is 2.05 bits per heavy atom. The molecule has 0 amide bonds. The van der Waals surface area contributed by atoms with Crippen LogP contribution < -0.4 is 5.32 Å². The molecular weight excluding hydrogens is 270 g/mol. The molecule has 0 aliphatic carbocycles. The van der Waals surface area contributed by atoms with E-state index in [-0.39, 0.29) is 5.69 Å². The number of non-ortho nitro benzene ring substituents is 1. The van der Waals surface area contributed by atoms with Crippen LogP contribution in [0.15, 0.2) is 30.5 Å². The van der Waals surface area contributed by atoms with Gasteiger partial charge in [0.25, 0.3) is 5.69 Å². The molecule has 2 N–H and O–H groups in total. The van der Waals surface area contributed by atoms with Crippen molar-refractivity contribution in [1.29, 1.82) is 0 Å². The number of nitro benzene ring substituents is 1. The van der Waals surface area contributed by atoms with E-state index in [0.717, 1.165) is 5.69 Å². The Morgan fingerprint density at radius 1 is 1.33 bits per heavy atom. The van der Waals surface area contributed by atoms with Crippen molar-refractivity contribution in [1.82, 2.24) is 4.98 Å². The Hall–Kier alpha value is -2.21. The van der Waals surface area contributed by atoms with Crippen LogP contribution in [-0.2, 0) is 0 Å². The zero-order valence-electron chi connectivity index (χ0n) is 12.2. The predicted octanol–water partition coefficient (Wildman–Crippen LogP) is 3.11. The summed E-state index contributed by atoms with van der Waals surface area (Å²) in [5.41, 5.74) is 0.293. The third-order valence-electron chi connectivity index (χ3n) is 3.87. The van der Waals surface area contributed by atoms with Crippen LogP contribution in [0.2, 0.25) is 0 Å². The average Bonchev–Trinajstić information content (AvgIpc) is 2.51. The van der Waals surface area contributed by atoms with E-state index in [9.17, 15) is 15.2 Å². The minimum Gasteiger partial charge on any atom is -0.388 e. The number of nitrogens with one attached hydrogen (secondary N) is 1. The summed E-state index contributed by atoms with van der Waals surface area (Å²) in [4.78, 5) is 14.7. The fraction of sp³-hybridized carbons (Fsp3) is 0.400. The van der Waals surface area contributed by atoms with Gasteiger partial charge in [-0.05, 0) is 18.9 Å². The van der Waals surface area contributed by atoms with Gasteiger partial charge in [-0.3, -0.25) is 10.1 Å². The Kier molecular flexibility index (Phi) is 4.37. The highest BCUT2D eigenvalue weighted by molar-refractivity contribution is 5.96. The van der Waals surface area contributed by atoms with Crippen molar-refractivity contribution < 1.29 is 10.0 Å². The van der Waals surface area contributed by atoms with Gasteiger partial charge in [-0.25, -0.2) is 4.98 Å². The molecule has 0 saturated heterocycles. The maximum Gasteiger partial charge on any atom is 0.295 e. The minimum absolute atomic E-state index is 0.0163. The molecule has 0 atom stereocenters. The summed E-state index contributed by atoms with van der Waals surface area (Å²) >= 11 is 0. The summed E-state index contributed by atoms with van der Waals surface area (Å²) in [6.07, 6.45) is 2.81. The summed E-state index contributed by atoms with van der Waals surface area (Å²) in [5.74, 6) is 0. The van der Waals surface area contributed by atoms with E-state index in [1.54, 1.807) is 18.2 Å². The zero-order valence-corrected chi connectivity index (χ0v) is 12.2. The van der Waals surface area contributed by atoms with Gasteiger partial charge in [-0.15, -0.1) is 0 Å². The molecule has 0 fully saturated rings. The number of anilines is 1. The first-order valence-corrected chi connectivity index (χ1v) is 6.99. The number of pyridine rings is 1. The molecule has 6 nitrogen and oxygen atoms in total. The van der Waals surface area contributed by atoms with Crippen molar-refractivity contribution in [3.05, 3.63) is 40.6 Å². The number of benzene rings is 1. The van der Waals surface area contributed by atoms with E-state index >= 15 is 0 Å². The third kappa shape index (κ3) is 3.11. The van der Waals surface area contributed by atoms with Gasteiger partial charge in [-0.1, -0.05) is 26.0 Å². The lowest BCUT2D eigenvalue weighted by molar-refractivity contribution is -0.383. The van der Waals surface area contributed by atoms with E-state index < -0.39 is 10.5 Å². The van der Waals surface area contributed by atoms with Crippen LogP contribution in [0.25, 0.3) is 10.9 Å². The summed E-state index contributed by atoms with van der Waals surface area (Å²) in [6, 6.07) is 6.62. The molecule has 0 spiro atoms. The lowest BCUT2D eigenvalue weighted by atomic mass is 9.97. The predicted molar refractivity (Wildman–Crippen MR) is 82.4 cm³/mol. The first kappa shape index (κ1) is 15.2. The van der Waals surface area contributed by atoms with Crippen molar-refractivity contribution in [3.63, 3.8) is 0 Å². The second-order valence-electron chi connectivity index (χ2n) is 5.07. The molecule has 2 rings (SSSR count). The molecule has 0 radical (unpaired) electrons. The van der Waals surface area contributed by atoms with Crippen molar-refractivity contribution >= 4 is 22.3 Å². The Balaban J connectivity index is 2.37. The van der Waals surface area contributed by atoms with Crippen LogP contribution in [0.3, 0.4) is 0 Å². The molecule has 112 valence electrons. The Bertz CT molecular complexity index is 654. The molecule has 0 aliphatic rings. The molecule has 1 aromatic carbocycles. The highest BCUT2D eigenvalue weighted by Crippen LogP contribution is 2.29. The van der Waals surface area contributed by atoms with Crippen LogP contribution in [0, 0.1) is 10.1 Å². The Morgan fingerprint density at radius 3 is 2.67 bits per heavy atom. The zero-order chi connectivity index (χ0) is 15.5. The number of para-hydroxylation sites is 1. The number of hydrogen-bond donors (Lipinski definition) is 2. The molecule has 1 heterocycles. The van der Waals surface area contributed by atoms with Gasteiger partial charge in [0.15, 0.2) is 0 Å². The number of fused-ring (bicyclic) bond motifs is 1. The summed E-state index contributed by atoms with van der Waals surface area (Å²) < 4.78 is 0. The van der Waals surface area contributed by atoms with Gasteiger partial charge in [0.1, 0.15) is 5.52 Å². The number of hydrogen-bond acceptors (Lipinski definition) is 5. The smallest absolute Gasteiger partial charge is 0.295 e. The second kappa shape index (κ2) is 6.05. The quantitative estimate of drug-likeness (QED) is 0.630. The first-order valence-electron chi connectivity index (χ1n) is 6.99. The van der Waals surface area contributed by atoms with Crippen LogP contribution in [0.5, 0.6) is 0 Å². The van der Waals surface area contributed by atoms with Crippen LogP contribution in [0.1, 0.15) is 26.7 Å². The summed E-state index contributed by atoms with van der Waals surface area (Å²) in [5, 5.41) is 25.2. The molecular formula is C15H19N3O3. The number of nitrogens with zero attached hydrogens (tertiary/aromatic N) is 2. The SMILES string of the molecule is CCC(O)(CC)CNc1ccnc2c([N+](=O)[O-])cccc12. The standard InChI is InChI=1S/C15H19N3O3/c1-3-15(19,4-2)10-17-12-8-9-16-14-11(12)6-5-7-13(14)18(20)21/h5-9,19H,3-4,10H2,1-2H3,(H,16,17). The molecule has 6 heteroatoms. The van der Waals surface area contributed by atoms with Crippen molar-refractivity contribution in [2.75, 3.05) is 11.9 Å². The van der Waals surface area contributed by atoms with E-state index in [0.29, 0.717) is 30.3 Å². The summed E-state index contributed by atoms with van der Waals surface area (Å²) in [6.45, 7) is 4.25. The van der Waals surface area contributed by atoms with Gasteiger partial charge in [-0.2, -0.15) is 0 Å². The van der Waals surface area contributed by atoms with Gasteiger partial charge in [0, 0.05) is 29.9 Å². The maximum absolute atomic E-state index is 11.0. The van der Waals surface area contributed by atoms with Gasteiger partial charge in [0.2, 0.25) is 0 Å².